The van der Waals surface area contributed by atoms with Crippen molar-refractivity contribution in [3.63, 3.8) is 0 Å². The summed E-state index contributed by atoms with van der Waals surface area (Å²) in [7, 11) is -2.55. The molecule has 11 N–H and O–H groups in total. The third-order valence-electron chi connectivity index (χ3n) is 12.0. The van der Waals surface area contributed by atoms with Gasteiger partial charge in [-0.3, -0.25) is 35.2 Å². The highest BCUT2D eigenvalue weighted by molar-refractivity contribution is 8.14. The molecule has 16 heterocycles. The van der Waals surface area contributed by atoms with Crippen molar-refractivity contribution >= 4 is 75.3 Å². The Morgan fingerprint density at radius 1 is 0.388 bits per heavy atom. The molecule has 0 aromatic rings. The van der Waals surface area contributed by atoms with Crippen LogP contribution < -0.4 is 58.7 Å². The maximum absolute atomic E-state index is 10.4. The van der Waals surface area contributed by atoms with Crippen molar-refractivity contribution in [2.75, 3.05) is 206 Å². The van der Waals surface area contributed by atoms with E-state index in [0.29, 0.717) is 42.9 Å². The predicted molar refractivity (Wildman–Crippen MR) is 455 cm³/mol. The molecule has 0 aromatic carbocycles. The minimum absolute atomic E-state index is 0. The predicted octanol–water partition coefficient (Wildman–Crippen LogP) is 12.2. The highest BCUT2D eigenvalue weighted by Gasteiger charge is 2.16. The zero-order valence-corrected chi connectivity index (χ0v) is 54.5. The molecule has 103 heavy (non-hydrogen) atoms. The van der Waals surface area contributed by atoms with E-state index < -0.39 is 16.0 Å². The van der Waals surface area contributed by atoms with Gasteiger partial charge in [0, 0.05) is 122 Å². The molecule has 0 aromatic heterocycles. The largest absolute Gasteiger partial charge is 0.508 e. The molecule has 13 fully saturated rings. The van der Waals surface area contributed by atoms with Gasteiger partial charge in [-0.15, -0.1) is 11.8 Å². The van der Waals surface area contributed by atoms with Crippen molar-refractivity contribution in [3.8, 4) is 0 Å². The summed E-state index contributed by atoms with van der Waals surface area (Å²) in [5.74, 6) is 4.53. The first kappa shape index (κ1) is 138. The summed E-state index contributed by atoms with van der Waals surface area (Å²) < 4.78 is 53.1. The number of carbonyl (C=O) groups is 5. The number of nitrogens with zero attached hydrogens (tertiary/aromatic N) is 2. The van der Waals surface area contributed by atoms with Gasteiger partial charge in [0.25, 0.3) is 0 Å². The first-order valence-electron chi connectivity index (χ1n) is 31.5. The van der Waals surface area contributed by atoms with Gasteiger partial charge in [-0.2, -0.15) is 0 Å². The zero-order valence-electron chi connectivity index (χ0n) is 52.1. The average Bonchev–Trinajstić information content (AvgIpc) is 1.80. The van der Waals surface area contributed by atoms with Crippen LogP contribution in [-0.2, 0) is 57.4 Å². The second-order valence-electron chi connectivity index (χ2n) is 19.9. The monoisotopic (exact) mass is 1550 g/mol. The van der Waals surface area contributed by atoms with E-state index in [2.05, 4.69) is 105 Å². The molecule has 0 spiro atoms. The fourth-order valence-corrected chi connectivity index (χ4v) is 10.2. The molecule has 27 nitrogen and oxygen atoms in total. The lowest BCUT2D eigenvalue weighted by Gasteiger charge is -2.10. The third kappa shape index (κ3) is 117. The Bertz CT molecular complexity index is 1510. The highest BCUT2D eigenvalue weighted by atomic mass is 32.2. The van der Waals surface area contributed by atoms with Gasteiger partial charge < -0.3 is 81.0 Å². The Morgan fingerprint density at radius 3 is 1.07 bits per heavy atom. The standard InChI is InChI=1S/C5H11N.C4H9NO.C4H7NO.C4H9N.C4H7N.C4H8O2S.C4H6O2.C4H6OS.C4H8O.C3H6N2O.C3H6N2.C3H8N2.C3H5NO.C3H7NS.C3H4O3.C2H4O.16CH4/c1-2-4-6-5-3-1;1-3-6-4-2-5-1;6-4-2-1-3-5-4;2*1-2-4-5-3-1;5-7(6)3-1-2-4-7;2*5-4-2-1-3-6-4;1-2-4-5-3-1;6-3-4-1-2-5-3;1-2-5-3-4-1;1-2-4-5-3-1;2*1-2-5-3-4-1;4-3-5-1-2-6-3;1-2-3-1;;;;;;;;;;;;;;;;/h6H,1-5H2;5H,1-4H2;1-3H2,(H,5,6);5H,1-4H2;1-2,5H,3-4H2;1-4H2;2*1-3H2;1-4H2;1-2H2,(H2,4,5,6);3H,1-2H2,(H,4,5);4-5H,1-3H2;3H,1-2H2;4H,1-3H2;1-2H2;1-2H2;16*1H4. The van der Waals surface area contributed by atoms with Crippen LogP contribution in [0.15, 0.2) is 22.1 Å². The van der Waals surface area contributed by atoms with E-state index in [-0.39, 0.29) is 137 Å². The summed E-state index contributed by atoms with van der Waals surface area (Å²) in [4.78, 5) is 57.8. The number of piperidine rings is 1. The summed E-state index contributed by atoms with van der Waals surface area (Å²) in [6.45, 7) is 26.0. The number of ether oxygens (including phenoxy) is 7. The molecule has 30 heteroatoms. The number of amides is 3. The summed E-state index contributed by atoms with van der Waals surface area (Å²) in [5.41, 5.74) is 5.94. The van der Waals surface area contributed by atoms with Crippen LogP contribution in [0.2, 0.25) is 0 Å². The number of epoxide rings is 1. The van der Waals surface area contributed by atoms with Crippen LogP contribution in [0.5, 0.6) is 0 Å². The molecule has 3 amide bonds. The molecule has 0 atom stereocenters. The van der Waals surface area contributed by atoms with E-state index in [1.54, 1.807) is 6.34 Å². The lowest BCUT2D eigenvalue weighted by Crippen LogP contribution is -2.30. The minimum Gasteiger partial charge on any atom is -0.482 e. The second kappa shape index (κ2) is 111. The Balaban J connectivity index is -0.0000000555. The van der Waals surface area contributed by atoms with Gasteiger partial charge in [0.05, 0.1) is 64.0 Å². The van der Waals surface area contributed by atoms with E-state index in [0.717, 1.165) is 175 Å². The first-order chi connectivity index (χ1) is 42.7. The number of hydrazine groups is 1. The van der Waals surface area contributed by atoms with E-state index in [1.165, 1.54) is 114 Å². The van der Waals surface area contributed by atoms with Crippen LogP contribution in [-0.4, -0.2) is 257 Å². The molecule has 0 unspecified atom stereocenters. The Hall–Kier alpha value is -3.92. The molecule has 13 saturated heterocycles. The van der Waals surface area contributed by atoms with E-state index >= 15 is 0 Å². The number of sulfone groups is 1. The highest BCUT2D eigenvalue weighted by Crippen LogP contribution is 2.17. The summed E-state index contributed by atoms with van der Waals surface area (Å²) in [6, 6.07) is -0.0463. The minimum atomic E-state index is -2.55. The number of carbonyl (C=O) groups excluding carboxylic acids is 5. The Morgan fingerprint density at radius 2 is 0.922 bits per heavy atom. The second-order valence-corrected chi connectivity index (χ2v) is 24.5. The van der Waals surface area contributed by atoms with Crippen molar-refractivity contribution in [2.45, 2.75) is 222 Å². The lowest BCUT2D eigenvalue weighted by molar-refractivity contribution is -0.138. The third-order valence-corrected chi connectivity index (χ3v) is 15.7. The number of esters is 1. The molecular weight excluding hydrogens is 1380 g/mol. The first-order valence-corrected chi connectivity index (χ1v) is 35.5. The van der Waals surface area contributed by atoms with Crippen LogP contribution >= 0.6 is 23.5 Å². The molecule has 16 aliphatic heterocycles. The van der Waals surface area contributed by atoms with E-state index in [9.17, 15) is 32.4 Å². The van der Waals surface area contributed by atoms with Gasteiger partial charge >= 0.3 is 18.2 Å². The van der Waals surface area contributed by atoms with E-state index in [1.807, 2.05) is 11.8 Å². The number of rotatable bonds is 0. The van der Waals surface area contributed by atoms with Crippen LogP contribution in [0.25, 0.3) is 0 Å². The van der Waals surface area contributed by atoms with Gasteiger partial charge in [0.1, 0.15) is 29.7 Å². The SMILES string of the molecule is C.C.C.C.C.C.C.C.C.C.C.C.C.C.C.C.C1=CCNC1.C1=NCCN1.C1=NCCO1.C1CCNC1.C1CCNCC1.C1CCOC1.C1CNNC1.C1CO1.C1COCCN1.C1CSCN1.O=C1CCCN1.O=C1CCCO1.O=C1CCCS1.O=C1NCCN1.O=C1OCCO1.O=S1(=O)CCCC1. The molecular formula is C73H175N13O14S3. The van der Waals surface area contributed by atoms with Crippen molar-refractivity contribution in [1.29, 1.82) is 0 Å². The van der Waals surface area contributed by atoms with Gasteiger partial charge in [-0.1, -0.05) is 149 Å². The van der Waals surface area contributed by atoms with E-state index in [4.69, 9.17) is 9.47 Å². The van der Waals surface area contributed by atoms with Crippen molar-refractivity contribution in [1.82, 2.24) is 58.7 Å². The Kier molecular flexibility index (Phi) is 149. The zero-order chi connectivity index (χ0) is 62.7. The van der Waals surface area contributed by atoms with Crippen molar-refractivity contribution < 1.29 is 65.5 Å². The molecule has 634 valence electrons. The lowest BCUT2D eigenvalue weighted by atomic mass is 10.2. The smallest absolute Gasteiger partial charge is 0.482 e. The summed E-state index contributed by atoms with van der Waals surface area (Å²) >= 11 is 3.42. The maximum Gasteiger partial charge on any atom is 0.508 e. The van der Waals surface area contributed by atoms with Crippen LogP contribution in [0, 0.1) is 0 Å². The number of morpholine rings is 1. The summed E-state index contributed by atoms with van der Waals surface area (Å²) in [5, 5.41) is 27.1. The number of cyclic esters (lactones) is 3. The van der Waals surface area contributed by atoms with Gasteiger partial charge in [-0.05, 0) is 103 Å². The molecule has 0 aliphatic carbocycles. The molecule has 16 aliphatic rings. The van der Waals surface area contributed by atoms with Crippen LogP contribution in [0.1, 0.15) is 222 Å². The average molecular weight is 1560 g/mol. The Labute approximate surface area is 646 Å². The van der Waals surface area contributed by atoms with Crippen molar-refractivity contribution in [2.24, 2.45) is 9.98 Å². The van der Waals surface area contributed by atoms with Crippen LogP contribution in [0.4, 0.5) is 9.59 Å². The molecule has 0 saturated carbocycles. The van der Waals surface area contributed by atoms with Crippen LogP contribution in [0.3, 0.4) is 0 Å². The molecule has 0 radical (unpaired) electrons. The number of aliphatic imine (C=N–C) groups is 2. The summed E-state index contributed by atoms with van der Waals surface area (Å²) in [6.07, 6.45) is 24.7. The number of nitrogens with one attached hydrogen (secondary N) is 11. The van der Waals surface area contributed by atoms with Gasteiger partial charge in [0.15, 0.2) is 11.5 Å². The van der Waals surface area contributed by atoms with Crippen molar-refractivity contribution in [3.05, 3.63) is 12.2 Å². The molecule has 16 rings (SSSR count). The fraction of sp³-hybridized carbons (Fsp3) is 0.877. The van der Waals surface area contributed by atoms with Gasteiger partial charge in [-0.25, -0.2) is 18.0 Å². The number of thioether (sulfide) groups is 2. The normalized spacial score (nSPS) is 19.0. The number of hydrogen-bond acceptors (Lipinski definition) is 26. The maximum atomic E-state index is 10.4. The number of hydrogen-bond donors (Lipinski definition) is 11. The molecule has 0 bridgehead atoms. The fourth-order valence-electron chi connectivity index (χ4n) is 7.23. The van der Waals surface area contributed by atoms with Gasteiger partial charge in [0.2, 0.25) is 5.91 Å². The number of urea groups is 1. The quantitative estimate of drug-likeness (QED) is 0.0610. The topological polar surface area (TPSA) is 344 Å².